The maximum Gasteiger partial charge on any atom is 0.335 e. The molecule has 0 aromatic carbocycles. The fraction of sp³-hybridized carbons (Fsp3) is 0.647. The van der Waals surface area contributed by atoms with Crippen LogP contribution in [0.4, 0.5) is 5.82 Å². The molecule has 1 N–H and O–H groups in total. The molecule has 0 unspecified atom stereocenters. The van der Waals surface area contributed by atoms with Gasteiger partial charge in [0.2, 0.25) is 0 Å². The second kappa shape index (κ2) is 5.66. The minimum Gasteiger partial charge on any atom is -0.478 e. The van der Waals surface area contributed by atoms with Crippen LogP contribution in [0.25, 0.3) is 0 Å². The third-order valence-corrected chi connectivity index (χ3v) is 4.35. The molecule has 0 amide bonds. The van der Waals surface area contributed by atoms with Crippen LogP contribution in [0.1, 0.15) is 61.5 Å². The molecule has 3 rings (SSSR count). The van der Waals surface area contributed by atoms with Gasteiger partial charge >= 0.3 is 5.97 Å². The first-order valence-corrected chi connectivity index (χ1v) is 8.03. The van der Waals surface area contributed by atoms with E-state index in [-0.39, 0.29) is 5.92 Å². The molecule has 1 heterocycles. The van der Waals surface area contributed by atoms with Crippen LogP contribution in [0.5, 0.6) is 0 Å². The molecule has 4 heteroatoms. The minimum absolute atomic E-state index is 0.242. The normalized spacial score (nSPS) is 18.0. The van der Waals surface area contributed by atoms with E-state index in [1.165, 1.54) is 25.7 Å². The van der Waals surface area contributed by atoms with E-state index >= 15 is 0 Å². The maximum absolute atomic E-state index is 11.4. The summed E-state index contributed by atoms with van der Waals surface area (Å²) in [6.07, 6.45) is 5.21. The zero-order valence-electron chi connectivity index (χ0n) is 12.9. The van der Waals surface area contributed by atoms with E-state index in [0.717, 1.165) is 36.4 Å². The van der Waals surface area contributed by atoms with Gasteiger partial charge in [0, 0.05) is 18.8 Å². The number of hydrogen-bond donors (Lipinski definition) is 1. The van der Waals surface area contributed by atoms with Crippen molar-refractivity contribution >= 4 is 11.8 Å². The van der Waals surface area contributed by atoms with Gasteiger partial charge in [0.05, 0.1) is 5.56 Å². The molecule has 4 nitrogen and oxygen atoms in total. The predicted octanol–water partition coefficient (Wildman–Crippen LogP) is 3.53. The Labute approximate surface area is 126 Å². The highest BCUT2D eigenvalue weighted by atomic mass is 16.4. The Morgan fingerprint density at radius 1 is 1.24 bits per heavy atom. The average molecular weight is 288 g/mol. The van der Waals surface area contributed by atoms with Crippen LogP contribution in [-0.2, 0) is 0 Å². The number of hydrogen-bond acceptors (Lipinski definition) is 3. The molecular weight excluding hydrogens is 264 g/mol. The van der Waals surface area contributed by atoms with E-state index in [0.29, 0.717) is 5.56 Å². The minimum atomic E-state index is -0.863. The third-order valence-electron chi connectivity index (χ3n) is 4.35. The Hall–Kier alpha value is -1.58. The molecule has 2 aliphatic carbocycles. The SMILES string of the molecule is CC(C)c1cc(C(=O)O)cc(N(CC2CC2)CC2CC2)n1. The lowest BCUT2D eigenvalue weighted by Crippen LogP contribution is -2.29. The molecule has 21 heavy (non-hydrogen) atoms. The zero-order valence-corrected chi connectivity index (χ0v) is 12.9. The van der Waals surface area contributed by atoms with Crippen molar-refractivity contribution in [2.75, 3.05) is 18.0 Å². The van der Waals surface area contributed by atoms with Crippen LogP contribution in [0.15, 0.2) is 12.1 Å². The summed E-state index contributed by atoms with van der Waals surface area (Å²) < 4.78 is 0. The number of anilines is 1. The Bertz CT molecular complexity index is 520. The number of aromatic carboxylic acids is 1. The second-order valence-electron chi connectivity index (χ2n) is 6.89. The number of carbonyl (C=O) groups is 1. The molecule has 114 valence electrons. The van der Waals surface area contributed by atoms with Gasteiger partial charge in [-0.2, -0.15) is 0 Å². The standard InChI is InChI=1S/C17H24N2O2/c1-11(2)15-7-14(17(20)21)8-16(18-15)19(9-12-3-4-12)10-13-5-6-13/h7-8,11-13H,3-6,9-10H2,1-2H3,(H,20,21). The Kier molecular flexibility index (Phi) is 3.87. The number of carboxylic acids is 1. The first kappa shape index (κ1) is 14.4. The van der Waals surface area contributed by atoms with Crippen molar-refractivity contribution in [3.8, 4) is 0 Å². The van der Waals surface area contributed by atoms with Gasteiger partial charge in [-0.1, -0.05) is 13.8 Å². The number of pyridine rings is 1. The fourth-order valence-corrected chi connectivity index (χ4v) is 2.60. The van der Waals surface area contributed by atoms with Gasteiger partial charge in [-0.15, -0.1) is 0 Å². The molecular formula is C17H24N2O2. The molecule has 0 saturated heterocycles. The highest BCUT2D eigenvalue weighted by Gasteiger charge is 2.30. The number of carboxylic acid groups (broad SMARTS) is 1. The molecule has 0 atom stereocenters. The first-order chi connectivity index (χ1) is 10.0. The summed E-state index contributed by atoms with van der Waals surface area (Å²) in [6.45, 7) is 6.18. The predicted molar refractivity (Wildman–Crippen MR) is 82.9 cm³/mol. The van der Waals surface area contributed by atoms with E-state index in [1.807, 2.05) is 0 Å². The van der Waals surface area contributed by atoms with E-state index in [9.17, 15) is 9.90 Å². The molecule has 0 aliphatic heterocycles. The highest BCUT2D eigenvalue weighted by Crippen LogP contribution is 2.35. The van der Waals surface area contributed by atoms with Crippen LogP contribution in [0, 0.1) is 11.8 Å². The van der Waals surface area contributed by atoms with Gasteiger partial charge in [0.1, 0.15) is 5.82 Å². The Balaban J connectivity index is 1.89. The molecule has 2 fully saturated rings. The van der Waals surface area contributed by atoms with Crippen LogP contribution in [-0.4, -0.2) is 29.1 Å². The van der Waals surface area contributed by atoms with Gasteiger partial charge in [0.15, 0.2) is 0 Å². The molecule has 0 radical (unpaired) electrons. The van der Waals surface area contributed by atoms with Gasteiger partial charge in [-0.3, -0.25) is 0 Å². The van der Waals surface area contributed by atoms with Crippen LogP contribution >= 0.6 is 0 Å². The summed E-state index contributed by atoms with van der Waals surface area (Å²) in [5.41, 5.74) is 1.24. The number of nitrogens with zero attached hydrogens (tertiary/aromatic N) is 2. The van der Waals surface area contributed by atoms with E-state index < -0.39 is 5.97 Å². The second-order valence-corrected chi connectivity index (χ2v) is 6.89. The summed E-state index contributed by atoms with van der Waals surface area (Å²) >= 11 is 0. The summed E-state index contributed by atoms with van der Waals surface area (Å²) in [6, 6.07) is 3.46. The Morgan fingerprint density at radius 2 is 1.81 bits per heavy atom. The van der Waals surface area contributed by atoms with Crippen molar-refractivity contribution in [3.63, 3.8) is 0 Å². The molecule has 1 aromatic heterocycles. The van der Waals surface area contributed by atoms with Crippen molar-refractivity contribution in [3.05, 3.63) is 23.4 Å². The molecule has 0 spiro atoms. The van der Waals surface area contributed by atoms with E-state index in [1.54, 1.807) is 12.1 Å². The van der Waals surface area contributed by atoms with E-state index in [4.69, 9.17) is 4.98 Å². The van der Waals surface area contributed by atoms with Gasteiger partial charge in [-0.25, -0.2) is 9.78 Å². The topological polar surface area (TPSA) is 53.4 Å². The van der Waals surface area contributed by atoms with E-state index in [2.05, 4.69) is 18.7 Å². The summed E-state index contributed by atoms with van der Waals surface area (Å²) in [5.74, 6) is 1.80. The Morgan fingerprint density at radius 3 is 2.24 bits per heavy atom. The largest absolute Gasteiger partial charge is 0.478 e. The van der Waals surface area contributed by atoms with Crippen molar-refractivity contribution in [1.29, 1.82) is 0 Å². The molecule has 0 bridgehead atoms. The van der Waals surface area contributed by atoms with Crippen molar-refractivity contribution in [1.82, 2.24) is 4.98 Å². The molecule has 1 aromatic rings. The van der Waals surface area contributed by atoms with Crippen LogP contribution in [0.2, 0.25) is 0 Å². The lowest BCUT2D eigenvalue weighted by Gasteiger charge is -2.25. The van der Waals surface area contributed by atoms with Crippen LogP contribution in [0.3, 0.4) is 0 Å². The third kappa shape index (κ3) is 3.74. The van der Waals surface area contributed by atoms with Crippen LogP contribution < -0.4 is 4.90 Å². The molecule has 2 aliphatic rings. The first-order valence-electron chi connectivity index (χ1n) is 8.03. The van der Waals surface area contributed by atoms with Gasteiger partial charge in [0.25, 0.3) is 0 Å². The van der Waals surface area contributed by atoms with Crippen molar-refractivity contribution in [2.45, 2.75) is 45.4 Å². The lowest BCUT2D eigenvalue weighted by molar-refractivity contribution is 0.0696. The highest BCUT2D eigenvalue weighted by molar-refractivity contribution is 5.88. The average Bonchev–Trinajstić information content (AvgIpc) is 3.32. The summed E-state index contributed by atoms with van der Waals surface area (Å²) in [5, 5.41) is 9.34. The fourth-order valence-electron chi connectivity index (χ4n) is 2.60. The molecule has 2 saturated carbocycles. The number of aromatic nitrogens is 1. The lowest BCUT2D eigenvalue weighted by atomic mass is 10.1. The van der Waals surface area contributed by atoms with Crippen molar-refractivity contribution in [2.24, 2.45) is 11.8 Å². The van der Waals surface area contributed by atoms with Gasteiger partial charge in [-0.05, 0) is 55.6 Å². The maximum atomic E-state index is 11.4. The monoisotopic (exact) mass is 288 g/mol. The van der Waals surface area contributed by atoms with Crippen molar-refractivity contribution < 1.29 is 9.90 Å². The zero-order chi connectivity index (χ0) is 15.0. The smallest absolute Gasteiger partial charge is 0.335 e. The summed E-state index contributed by atoms with van der Waals surface area (Å²) in [4.78, 5) is 18.4. The summed E-state index contributed by atoms with van der Waals surface area (Å²) in [7, 11) is 0. The number of rotatable bonds is 7. The van der Waals surface area contributed by atoms with Gasteiger partial charge < -0.3 is 10.0 Å². The quantitative estimate of drug-likeness (QED) is 0.834.